The van der Waals surface area contributed by atoms with Crippen molar-refractivity contribution >= 4 is 33.3 Å². The molecule has 178 valence electrons. The number of hydrogen-bond acceptors (Lipinski definition) is 5. The van der Waals surface area contributed by atoms with E-state index in [2.05, 4.69) is 18.3 Å². The number of nitrogens with one attached hydrogen (secondary N) is 1. The summed E-state index contributed by atoms with van der Waals surface area (Å²) in [5.41, 5.74) is -0.886. The van der Waals surface area contributed by atoms with Crippen LogP contribution >= 0.6 is 11.6 Å². The van der Waals surface area contributed by atoms with Crippen LogP contribution in [0.15, 0.2) is 29.2 Å². The highest BCUT2D eigenvalue weighted by Crippen LogP contribution is 2.37. The molecule has 0 bridgehead atoms. The number of nitriles is 1. The zero-order chi connectivity index (χ0) is 23.8. The van der Waals surface area contributed by atoms with Crippen LogP contribution in [0.25, 0.3) is 0 Å². The lowest BCUT2D eigenvalue weighted by Gasteiger charge is -2.28. The molecule has 9 heteroatoms. The SMILES string of the molecule is CC1CCC[C@@H](C(=O)N2C[C@H](S(=O)(=O)c3ccccc3Cl)C[C@H]2C(=O)NC2(C#N)CC2)CC1. The average Bonchev–Trinajstić information content (AvgIpc) is 3.46. The predicted molar refractivity (Wildman–Crippen MR) is 124 cm³/mol. The van der Waals surface area contributed by atoms with Gasteiger partial charge in [0.05, 0.1) is 21.2 Å². The molecule has 0 aromatic heterocycles. The first-order valence-corrected chi connectivity index (χ1v) is 13.6. The van der Waals surface area contributed by atoms with E-state index < -0.39 is 32.6 Å². The van der Waals surface area contributed by atoms with Gasteiger partial charge in [0, 0.05) is 12.5 Å². The van der Waals surface area contributed by atoms with Crippen LogP contribution in [0.3, 0.4) is 0 Å². The fourth-order valence-electron chi connectivity index (χ4n) is 5.05. The minimum absolute atomic E-state index is 0.00421. The third kappa shape index (κ3) is 4.90. The Morgan fingerprint density at radius 3 is 2.58 bits per heavy atom. The first-order chi connectivity index (χ1) is 15.7. The normalized spacial score (nSPS) is 29.1. The van der Waals surface area contributed by atoms with Crippen LogP contribution in [0.5, 0.6) is 0 Å². The Kier molecular flexibility index (Phi) is 6.75. The fourth-order valence-corrected chi connectivity index (χ4v) is 7.26. The molecule has 1 saturated heterocycles. The molecule has 1 aliphatic heterocycles. The van der Waals surface area contributed by atoms with Crippen molar-refractivity contribution in [2.75, 3.05) is 6.54 Å². The second-order valence-corrected chi connectivity index (χ2v) is 12.4. The summed E-state index contributed by atoms with van der Waals surface area (Å²) < 4.78 is 26.8. The fraction of sp³-hybridized carbons (Fsp3) is 0.625. The van der Waals surface area contributed by atoms with E-state index in [1.807, 2.05) is 0 Å². The van der Waals surface area contributed by atoms with Gasteiger partial charge in [-0.3, -0.25) is 9.59 Å². The summed E-state index contributed by atoms with van der Waals surface area (Å²) in [5.74, 6) is -0.249. The molecule has 4 atom stereocenters. The molecule has 2 saturated carbocycles. The van der Waals surface area contributed by atoms with Crippen molar-refractivity contribution in [3.63, 3.8) is 0 Å². The van der Waals surface area contributed by atoms with E-state index in [1.165, 1.54) is 17.0 Å². The summed E-state index contributed by atoms with van der Waals surface area (Å²) in [6, 6.07) is 7.47. The first-order valence-electron chi connectivity index (χ1n) is 11.7. The highest BCUT2D eigenvalue weighted by molar-refractivity contribution is 7.92. The van der Waals surface area contributed by atoms with E-state index in [1.54, 1.807) is 12.1 Å². The van der Waals surface area contributed by atoms with E-state index in [9.17, 15) is 23.3 Å². The van der Waals surface area contributed by atoms with Crippen LogP contribution < -0.4 is 5.32 Å². The monoisotopic (exact) mass is 491 g/mol. The van der Waals surface area contributed by atoms with Crippen molar-refractivity contribution in [3.05, 3.63) is 29.3 Å². The maximum Gasteiger partial charge on any atom is 0.244 e. The predicted octanol–water partition coefficient (Wildman–Crippen LogP) is 3.47. The van der Waals surface area contributed by atoms with Gasteiger partial charge in [-0.15, -0.1) is 0 Å². The lowest BCUT2D eigenvalue weighted by molar-refractivity contribution is -0.142. The van der Waals surface area contributed by atoms with Crippen molar-refractivity contribution in [1.82, 2.24) is 10.2 Å². The molecule has 4 rings (SSSR count). The molecule has 1 aromatic carbocycles. The third-order valence-electron chi connectivity index (χ3n) is 7.36. The van der Waals surface area contributed by atoms with E-state index >= 15 is 0 Å². The number of likely N-dealkylation sites (tertiary alicyclic amines) is 1. The van der Waals surface area contributed by atoms with Crippen molar-refractivity contribution in [3.8, 4) is 6.07 Å². The van der Waals surface area contributed by atoms with Gasteiger partial charge in [-0.05, 0) is 56.6 Å². The molecular formula is C24H30ClN3O4S. The van der Waals surface area contributed by atoms with Gasteiger partial charge < -0.3 is 10.2 Å². The van der Waals surface area contributed by atoms with Crippen LogP contribution in [0.1, 0.15) is 58.3 Å². The summed E-state index contributed by atoms with van der Waals surface area (Å²) in [6.45, 7) is 2.14. The van der Waals surface area contributed by atoms with Gasteiger partial charge in [-0.1, -0.05) is 43.5 Å². The molecule has 2 amide bonds. The highest BCUT2D eigenvalue weighted by Gasteiger charge is 2.51. The molecule has 0 spiro atoms. The summed E-state index contributed by atoms with van der Waals surface area (Å²) in [7, 11) is -3.85. The minimum Gasteiger partial charge on any atom is -0.336 e. The van der Waals surface area contributed by atoms with E-state index in [0.717, 1.165) is 32.1 Å². The molecular weight excluding hydrogens is 462 g/mol. The van der Waals surface area contributed by atoms with Gasteiger partial charge in [0.25, 0.3) is 0 Å². The number of sulfone groups is 1. The van der Waals surface area contributed by atoms with E-state index in [4.69, 9.17) is 11.6 Å². The van der Waals surface area contributed by atoms with Gasteiger partial charge in [0.15, 0.2) is 9.84 Å². The third-order valence-corrected chi connectivity index (χ3v) is 9.99. The van der Waals surface area contributed by atoms with Gasteiger partial charge in [-0.2, -0.15) is 5.26 Å². The van der Waals surface area contributed by atoms with Crippen molar-refractivity contribution in [2.45, 2.75) is 80.0 Å². The zero-order valence-electron chi connectivity index (χ0n) is 18.8. The molecule has 1 aromatic rings. The summed E-state index contributed by atoms with van der Waals surface area (Å²) in [6.07, 6.45) is 5.58. The Bertz CT molecular complexity index is 1080. The molecule has 7 nitrogen and oxygen atoms in total. The van der Waals surface area contributed by atoms with Crippen LogP contribution in [0.2, 0.25) is 5.02 Å². The largest absolute Gasteiger partial charge is 0.336 e. The molecule has 1 N–H and O–H groups in total. The van der Waals surface area contributed by atoms with Crippen molar-refractivity contribution < 1.29 is 18.0 Å². The standard InChI is InChI=1S/C24H30ClN3O4S/c1-16-5-4-6-17(10-9-16)23(30)28-14-18(33(31,32)21-8-3-2-7-19(21)25)13-20(28)22(29)27-24(15-26)11-12-24/h2-3,7-8,16-18,20H,4-6,9-14H2,1H3,(H,27,29)/t16?,17-,18-,20+/m1/s1. The molecule has 1 unspecified atom stereocenters. The molecule has 2 aliphatic carbocycles. The number of halogens is 1. The second kappa shape index (κ2) is 9.27. The number of benzene rings is 1. The van der Waals surface area contributed by atoms with Gasteiger partial charge in [0.1, 0.15) is 11.6 Å². The topological polar surface area (TPSA) is 107 Å². The van der Waals surface area contributed by atoms with Crippen LogP contribution in [-0.2, 0) is 19.4 Å². The summed E-state index contributed by atoms with van der Waals surface area (Å²) in [5, 5.41) is 11.4. The average molecular weight is 492 g/mol. The van der Waals surface area contributed by atoms with Gasteiger partial charge in [-0.25, -0.2) is 8.42 Å². The number of rotatable bonds is 5. The number of nitrogens with zero attached hydrogens (tertiary/aromatic N) is 2. The van der Waals surface area contributed by atoms with Crippen LogP contribution in [-0.4, -0.2) is 48.5 Å². The van der Waals surface area contributed by atoms with Gasteiger partial charge >= 0.3 is 0 Å². The molecule has 3 fully saturated rings. The first kappa shape index (κ1) is 24.0. The second-order valence-electron chi connectivity index (χ2n) is 9.83. The minimum atomic E-state index is -3.85. The van der Waals surface area contributed by atoms with E-state index in [0.29, 0.717) is 18.8 Å². The Labute approximate surface area is 200 Å². The lowest BCUT2D eigenvalue weighted by atomic mass is 9.97. The lowest BCUT2D eigenvalue weighted by Crippen LogP contribution is -2.50. The van der Waals surface area contributed by atoms with Crippen LogP contribution in [0, 0.1) is 23.2 Å². The summed E-state index contributed by atoms with van der Waals surface area (Å²) in [4.78, 5) is 28.2. The number of amides is 2. The number of carbonyl (C=O) groups is 2. The Morgan fingerprint density at radius 1 is 1.18 bits per heavy atom. The number of carbonyl (C=O) groups excluding carboxylic acids is 2. The van der Waals surface area contributed by atoms with E-state index in [-0.39, 0.29) is 34.7 Å². The Hall–Kier alpha value is -2.11. The Morgan fingerprint density at radius 2 is 1.91 bits per heavy atom. The smallest absolute Gasteiger partial charge is 0.244 e. The van der Waals surface area contributed by atoms with Crippen molar-refractivity contribution in [1.29, 1.82) is 5.26 Å². The maximum absolute atomic E-state index is 13.6. The molecule has 0 radical (unpaired) electrons. The molecule has 3 aliphatic rings. The van der Waals surface area contributed by atoms with Crippen molar-refractivity contribution in [2.24, 2.45) is 11.8 Å². The Balaban J connectivity index is 1.60. The summed E-state index contributed by atoms with van der Waals surface area (Å²) >= 11 is 6.18. The molecule has 1 heterocycles. The zero-order valence-corrected chi connectivity index (χ0v) is 20.4. The number of hydrogen-bond donors (Lipinski definition) is 1. The quantitative estimate of drug-likeness (QED) is 0.634. The highest BCUT2D eigenvalue weighted by atomic mass is 35.5. The maximum atomic E-state index is 13.6. The van der Waals surface area contributed by atoms with Crippen LogP contribution in [0.4, 0.5) is 0 Å². The van der Waals surface area contributed by atoms with Gasteiger partial charge in [0.2, 0.25) is 11.8 Å². The molecule has 33 heavy (non-hydrogen) atoms.